The summed E-state index contributed by atoms with van der Waals surface area (Å²) in [6, 6.07) is 4.97. The normalized spacial score (nSPS) is 25.3. The van der Waals surface area contributed by atoms with Crippen molar-refractivity contribution in [3.05, 3.63) is 22.4 Å². The van der Waals surface area contributed by atoms with E-state index in [4.69, 9.17) is 4.74 Å². The standard InChI is InChI=1S/C21H37N5OS.HI/c1-17(16-26-9-11-27-12-10-26)14-23-21(22-2)24-15-18-6-4-8-25(3)20(18)19-7-5-13-28-19;/h5,7,13,17-18,20H,4,6,8-12,14-16H2,1-3H3,(H2,22,23,24);1H. The van der Waals surface area contributed by atoms with Crippen molar-refractivity contribution in [3.8, 4) is 0 Å². The maximum atomic E-state index is 5.44. The first-order chi connectivity index (χ1) is 13.7. The van der Waals surface area contributed by atoms with Gasteiger partial charge in [0.25, 0.3) is 0 Å². The minimum Gasteiger partial charge on any atom is -0.379 e. The van der Waals surface area contributed by atoms with Crippen LogP contribution in [0.4, 0.5) is 0 Å². The van der Waals surface area contributed by atoms with E-state index in [1.54, 1.807) is 0 Å². The molecule has 2 fully saturated rings. The lowest BCUT2D eigenvalue weighted by atomic mass is 9.88. The lowest BCUT2D eigenvalue weighted by Gasteiger charge is -2.39. The van der Waals surface area contributed by atoms with E-state index in [0.29, 0.717) is 17.9 Å². The Balaban J connectivity index is 0.00000300. The summed E-state index contributed by atoms with van der Waals surface area (Å²) < 4.78 is 5.44. The zero-order valence-corrected chi connectivity index (χ0v) is 21.2. The molecule has 0 aliphatic carbocycles. The molecular formula is C21H38IN5OS. The number of hydrogen-bond donors (Lipinski definition) is 2. The predicted molar refractivity (Wildman–Crippen MR) is 134 cm³/mol. The number of rotatable bonds is 7. The van der Waals surface area contributed by atoms with Crippen LogP contribution in [-0.4, -0.2) is 82.3 Å². The van der Waals surface area contributed by atoms with Gasteiger partial charge in [0.15, 0.2) is 5.96 Å². The first-order valence-electron chi connectivity index (χ1n) is 10.7. The average molecular weight is 536 g/mol. The number of ether oxygens (including phenoxy) is 1. The summed E-state index contributed by atoms with van der Waals surface area (Å²) >= 11 is 1.88. The number of guanidine groups is 1. The number of aliphatic imine (C=N–C) groups is 1. The second-order valence-corrected chi connectivity index (χ2v) is 9.17. The third-order valence-electron chi connectivity index (χ3n) is 5.89. The second-order valence-electron chi connectivity index (χ2n) is 8.20. The summed E-state index contributed by atoms with van der Waals surface area (Å²) in [5, 5.41) is 9.32. The van der Waals surface area contributed by atoms with E-state index >= 15 is 0 Å². The number of piperidine rings is 1. The number of halogens is 1. The molecule has 6 nitrogen and oxygen atoms in total. The Morgan fingerprint density at radius 2 is 2.10 bits per heavy atom. The van der Waals surface area contributed by atoms with Crippen molar-refractivity contribution >= 4 is 41.3 Å². The Labute approximate surface area is 197 Å². The van der Waals surface area contributed by atoms with Crippen LogP contribution >= 0.6 is 35.3 Å². The summed E-state index contributed by atoms with van der Waals surface area (Å²) in [6.45, 7) is 10.3. The molecule has 166 valence electrons. The summed E-state index contributed by atoms with van der Waals surface area (Å²) in [6.07, 6.45) is 2.54. The van der Waals surface area contributed by atoms with Crippen LogP contribution in [-0.2, 0) is 4.74 Å². The largest absolute Gasteiger partial charge is 0.379 e. The Bertz CT molecular complexity index is 594. The summed E-state index contributed by atoms with van der Waals surface area (Å²) in [5.41, 5.74) is 0. The van der Waals surface area contributed by atoms with E-state index in [1.165, 1.54) is 24.3 Å². The van der Waals surface area contributed by atoms with Crippen LogP contribution in [0.1, 0.15) is 30.7 Å². The molecule has 0 radical (unpaired) electrons. The molecule has 1 aromatic rings. The minimum atomic E-state index is 0. The van der Waals surface area contributed by atoms with Crippen LogP contribution in [0.5, 0.6) is 0 Å². The predicted octanol–water partition coefficient (Wildman–Crippen LogP) is 2.88. The molecule has 29 heavy (non-hydrogen) atoms. The van der Waals surface area contributed by atoms with Crippen molar-refractivity contribution in [2.24, 2.45) is 16.8 Å². The number of nitrogens with zero attached hydrogens (tertiary/aromatic N) is 3. The van der Waals surface area contributed by atoms with Gasteiger partial charge in [0.05, 0.1) is 13.2 Å². The molecular weight excluding hydrogens is 497 g/mol. The van der Waals surface area contributed by atoms with E-state index in [2.05, 4.69) is 56.9 Å². The van der Waals surface area contributed by atoms with Gasteiger partial charge >= 0.3 is 0 Å². The Morgan fingerprint density at radius 1 is 1.31 bits per heavy atom. The quantitative estimate of drug-likeness (QED) is 0.320. The van der Waals surface area contributed by atoms with Crippen molar-refractivity contribution in [1.29, 1.82) is 0 Å². The first-order valence-corrected chi connectivity index (χ1v) is 11.5. The summed E-state index contributed by atoms with van der Waals surface area (Å²) in [7, 11) is 4.13. The molecule has 0 aromatic carbocycles. The van der Waals surface area contributed by atoms with Crippen LogP contribution in [0.2, 0.25) is 0 Å². The topological polar surface area (TPSA) is 52.1 Å². The van der Waals surface area contributed by atoms with E-state index in [1.807, 2.05) is 18.4 Å². The fraction of sp³-hybridized carbons (Fsp3) is 0.762. The summed E-state index contributed by atoms with van der Waals surface area (Å²) in [5.74, 6) is 2.12. The van der Waals surface area contributed by atoms with Crippen molar-refractivity contribution < 1.29 is 4.74 Å². The monoisotopic (exact) mass is 535 g/mol. The van der Waals surface area contributed by atoms with Gasteiger partial charge in [-0.3, -0.25) is 14.8 Å². The minimum absolute atomic E-state index is 0. The number of thiophene rings is 1. The molecule has 2 aliphatic heterocycles. The Kier molecular flexibility index (Phi) is 11.2. The zero-order chi connectivity index (χ0) is 19.8. The molecule has 0 amide bonds. The third kappa shape index (κ3) is 7.65. The number of nitrogens with one attached hydrogen (secondary N) is 2. The number of morpholine rings is 1. The molecule has 3 unspecified atom stereocenters. The molecule has 8 heteroatoms. The van der Waals surface area contributed by atoms with Gasteiger partial charge in [0, 0.05) is 50.7 Å². The maximum Gasteiger partial charge on any atom is 0.190 e. The Hall–Kier alpha value is -0.420. The average Bonchev–Trinajstić information content (AvgIpc) is 3.23. The zero-order valence-electron chi connectivity index (χ0n) is 18.1. The van der Waals surface area contributed by atoms with Gasteiger partial charge in [-0.05, 0) is 49.7 Å². The summed E-state index contributed by atoms with van der Waals surface area (Å²) in [4.78, 5) is 10.9. The van der Waals surface area contributed by atoms with Gasteiger partial charge in [0.2, 0.25) is 0 Å². The lowest BCUT2D eigenvalue weighted by Crippen LogP contribution is -2.46. The molecule has 2 saturated heterocycles. The maximum absolute atomic E-state index is 5.44. The van der Waals surface area contributed by atoms with Gasteiger partial charge in [-0.15, -0.1) is 35.3 Å². The highest BCUT2D eigenvalue weighted by molar-refractivity contribution is 14.0. The smallest absolute Gasteiger partial charge is 0.190 e. The van der Waals surface area contributed by atoms with Crippen molar-refractivity contribution in [3.63, 3.8) is 0 Å². The lowest BCUT2D eigenvalue weighted by molar-refractivity contribution is 0.0320. The van der Waals surface area contributed by atoms with Gasteiger partial charge in [-0.25, -0.2) is 0 Å². The van der Waals surface area contributed by atoms with Crippen molar-refractivity contribution in [2.45, 2.75) is 25.8 Å². The first kappa shape index (κ1) is 24.8. The molecule has 3 heterocycles. The highest BCUT2D eigenvalue weighted by atomic mass is 127. The van der Waals surface area contributed by atoms with E-state index in [-0.39, 0.29) is 24.0 Å². The van der Waals surface area contributed by atoms with Crippen molar-refractivity contribution in [1.82, 2.24) is 20.4 Å². The van der Waals surface area contributed by atoms with Crippen LogP contribution in [0.25, 0.3) is 0 Å². The van der Waals surface area contributed by atoms with E-state index < -0.39 is 0 Å². The van der Waals surface area contributed by atoms with Crippen LogP contribution in [0.3, 0.4) is 0 Å². The Morgan fingerprint density at radius 3 is 2.79 bits per heavy atom. The third-order valence-corrected chi connectivity index (χ3v) is 6.83. The van der Waals surface area contributed by atoms with Crippen LogP contribution in [0, 0.1) is 11.8 Å². The van der Waals surface area contributed by atoms with E-state index in [0.717, 1.165) is 51.9 Å². The highest BCUT2D eigenvalue weighted by Crippen LogP contribution is 2.36. The van der Waals surface area contributed by atoms with Gasteiger partial charge < -0.3 is 15.4 Å². The SMILES string of the molecule is CN=C(NCC(C)CN1CCOCC1)NCC1CCCN(C)C1c1cccs1.I. The van der Waals surface area contributed by atoms with Crippen LogP contribution in [0.15, 0.2) is 22.5 Å². The van der Waals surface area contributed by atoms with Gasteiger partial charge in [-0.2, -0.15) is 0 Å². The number of likely N-dealkylation sites (tertiary alicyclic amines) is 1. The van der Waals surface area contributed by atoms with Crippen LogP contribution < -0.4 is 10.6 Å². The molecule has 0 bridgehead atoms. The fourth-order valence-corrected chi connectivity index (χ4v) is 5.37. The molecule has 0 spiro atoms. The number of hydrogen-bond acceptors (Lipinski definition) is 5. The fourth-order valence-electron chi connectivity index (χ4n) is 4.39. The molecule has 3 atom stereocenters. The molecule has 2 aliphatic rings. The van der Waals surface area contributed by atoms with Crippen molar-refractivity contribution in [2.75, 3.05) is 66.6 Å². The molecule has 3 rings (SSSR count). The molecule has 0 saturated carbocycles. The molecule has 2 N–H and O–H groups in total. The second kappa shape index (κ2) is 13.1. The molecule has 1 aromatic heterocycles. The highest BCUT2D eigenvalue weighted by Gasteiger charge is 2.31. The van der Waals surface area contributed by atoms with Gasteiger partial charge in [-0.1, -0.05) is 13.0 Å². The van der Waals surface area contributed by atoms with Gasteiger partial charge in [0.1, 0.15) is 0 Å². The van der Waals surface area contributed by atoms with E-state index in [9.17, 15) is 0 Å².